The molecule has 0 rings (SSSR count). The lowest BCUT2D eigenvalue weighted by atomic mass is 10.0. The average molecular weight is 789 g/mol. The number of allylic oxidation sites excluding steroid dienone is 1. The number of hydrogen-bond acceptors (Lipinski definition) is 6. The summed E-state index contributed by atoms with van der Waals surface area (Å²) >= 11 is 0. The summed E-state index contributed by atoms with van der Waals surface area (Å²) in [4.78, 5) is 23.0. The second-order valence-electron chi connectivity index (χ2n) is 17.0. The molecule has 0 saturated carbocycles. The molecule has 1 N–H and O–H groups in total. The first-order valence-corrected chi connectivity index (χ1v) is 24.4. The van der Waals surface area contributed by atoms with E-state index in [0.29, 0.717) is 23.2 Å². The van der Waals surface area contributed by atoms with E-state index in [4.69, 9.17) is 18.5 Å². The monoisotopic (exact) mass is 789 g/mol. The van der Waals surface area contributed by atoms with Crippen LogP contribution in [0.4, 0.5) is 0 Å². The number of hydrogen-bond donors (Lipinski definition) is 1. The van der Waals surface area contributed by atoms with Crippen molar-refractivity contribution in [3.63, 3.8) is 0 Å². The van der Waals surface area contributed by atoms with E-state index in [0.717, 1.165) is 38.5 Å². The Morgan fingerprint density at radius 3 is 1.28 bits per heavy atom. The first kappa shape index (κ1) is 53.1. The molecule has 8 nitrogen and oxygen atoms in total. The molecule has 2 unspecified atom stereocenters. The molecule has 0 fully saturated rings. The van der Waals surface area contributed by atoms with Crippen molar-refractivity contribution < 1.29 is 37.3 Å². The summed E-state index contributed by atoms with van der Waals surface area (Å²) in [5.74, 6) is 0.299. The van der Waals surface area contributed by atoms with Gasteiger partial charge in [-0.2, -0.15) is 0 Å². The SMILES string of the molecule is C=C(CCCCCCCCCCCCCCCCC)OCC(COP(=O)(O)OCC[N+](C)(C)C)OC(=O)CCCCCCCCCCCCCCCCC. The molecule has 322 valence electrons. The number of quaternary nitrogens is 1. The largest absolute Gasteiger partial charge is 0.495 e. The number of esters is 1. The van der Waals surface area contributed by atoms with Gasteiger partial charge in [-0.05, 0) is 12.8 Å². The number of carbonyl (C=O) groups is 1. The van der Waals surface area contributed by atoms with Gasteiger partial charge in [0.2, 0.25) is 0 Å². The maximum atomic E-state index is 12.7. The van der Waals surface area contributed by atoms with Gasteiger partial charge in [-0.3, -0.25) is 13.8 Å². The Balaban J connectivity index is 4.30. The van der Waals surface area contributed by atoms with Crippen molar-refractivity contribution in [2.45, 2.75) is 225 Å². The number of phosphoric acid groups is 1. The quantitative estimate of drug-likeness (QED) is 0.0216. The topological polar surface area (TPSA) is 91.3 Å². The van der Waals surface area contributed by atoms with Crippen LogP contribution in [-0.4, -0.2) is 69.0 Å². The molecular weight excluding hydrogens is 697 g/mol. The number of unbranched alkanes of at least 4 members (excludes halogenated alkanes) is 28. The van der Waals surface area contributed by atoms with Crippen molar-refractivity contribution in [3.8, 4) is 0 Å². The van der Waals surface area contributed by atoms with Gasteiger partial charge in [0.15, 0.2) is 6.10 Å². The highest BCUT2D eigenvalue weighted by atomic mass is 31.2. The lowest BCUT2D eigenvalue weighted by Crippen LogP contribution is -2.37. The molecule has 2 atom stereocenters. The fraction of sp³-hybridized carbons (Fsp3) is 0.933. The highest BCUT2D eigenvalue weighted by Gasteiger charge is 2.26. The highest BCUT2D eigenvalue weighted by Crippen LogP contribution is 2.43. The number of likely N-dealkylation sites (N-methyl/N-ethyl adjacent to an activating group) is 1. The molecule has 0 heterocycles. The summed E-state index contributed by atoms with van der Waals surface area (Å²) in [6.07, 6.45) is 39.0. The average Bonchev–Trinajstić information content (AvgIpc) is 3.12. The van der Waals surface area contributed by atoms with Gasteiger partial charge in [0.05, 0.1) is 33.5 Å². The van der Waals surface area contributed by atoms with E-state index in [1.807, 2.05) is 21.1 Å². The molecule has 0 radical (unpaired) electrons. The van der Waals surface area contributed by atoms with Gasteiger partial charge in [0.1, 0.15) is 19.8 Å². The zero-order valence-corrected chi connectivity index (χ0v) is 37.4. The minimum atomic E-state index is -4.30. The summed E-state index contributed by atoms with van der Waals surface area (Å²) in [7, 11) is 1.63. The zero-order valence-electron chi connectivity index (χ0n) is 36.5. The van der Waals surface area contributed by atoms with E-state index in [1.54, 1.807) is 0 Å². The molecule has 54 heavy (non-hydrogen) atoms. The number of carbonyl (C=O) groups excluding carboxylic acids is 1. The number of ether oxygens (including phenoxy) is 2. The Bertz CT molecular complexity index is 894. The fourth-order valence-electron chi connectivity index (χ4n) is 6.62. The van der Waals surface area contributed by atoms with Gasteiger partial charge < -0.3 is 18.9 Å². The molecule has 0 amide bonds. The van der Waals surface area contributed by atoms with Gasteiger partial charge in [-0.15, -0.1) is 0 Å². The molecule has 0 saturated heterocycles. The maximum Gasteiger partial charge on any atom is 0.472 e. The Morgan fingerprint density at radius 2 is 0.907 bits per heavy atom. The molecule has 9 heteroatoms. The third-order valence-electron chi connectivity index (χ3n) is 10.3. The second kappa shape index (κ2) is 37.6. The Labute approximate surface area is 335 Å². The lowest BCUT2D eigenvalue weighted by molar-refractivity contribution is -0.870. The molecule has 0 spiro atoms. The summed E-state index contributed by atoms with van der Waals surface area (Å²) < 4.78 is 35.1. The van der Waals surface area contributed by atoms with Gasteiger partial charge in [-0.25, -0.2) is 4.57 Å². The predicted octanol–water partition coefficient (Wildman–Crippen LogP) is 13.8. The van der Waals surface area contributed by atoms with E-state index >= 15 is 0 Å². The first-order valence-electron chi connectivity index (χ1n) is 22.9. The third kappa shape index (κ3) is 40.7. The Kier molecular flexibility index (Phi) is 37.0. The summed E-state index contributed by atoms with van der Waals surface area (Å²) in [5.41, 5.74) is 0. The van der Waals surface area contributed by atoms with Crippen LogP contribution in [0, 0.1) is 0 Å². The van der Waals surface area contributed by atoms with Crippen LogP contribution in [0.2, 0.25) is 0 Å². The standard InChI is InChI=1S/C45H90NO7P/c1-7-9-11-13-15-17-19-21-23-25-27-29-31-33-35-37-43(3)50-41-44(42-52-54(48,49)51-40-39-46(4,5)6)53-45(47)38-36-34-32-30-28-26-24-22-20-18-16-14-12-10-8-2/h44H,3,7-42H2,1-2,4-6H3/p+1. The molecular formula is C45H91NO7P+. The second-order valence-corrected chi connectivity index (χ2v) is 18.4. The molecule has 0 aliphatic rings. The molecule has 0 aromatic carbocycles. The van der Waals surface area contributed by atoms with E-state index in [1.165, 1.54) is 161 Å². The van der Waals surface area contributed by atoms with Crippen LogP contribution in [0.25, 0.3) is 0 Å². The molecule has 0 aliphatic heterocycles. The summed E-state index contributed by atoms with van der Waals surface area (Å²) in [6, 6.07) is 0. The minimum Gasteiger partial charge on any atom is -0.495 e. The summed E-state index contributed by atoms with van der Waals surface area (Å²) in [5, 5.41) is 0. The van der Waals surface area contributed by atoms with Crippen LogP contribution in [0.5, 0.6) is 0 Å². The fourth-order valence-corrected chi connectivity index (χ4v) is 7.36. The van der Waals surface area contributed by atoms with Crippen LogP contribution < -0.4 is 0 Å². The van der Waals surface area contributed by atoms with Crippen LogP contribution in [-0.2, 0) is 27.9 Å². The minimum absolute atomic E-state index is 0.0288. The van der Waals surface area contributed by atoms with Gasteiger partial charge >= 0.3 is 13.8 Å². The van der Waals surface area contributed by atoms with E-state index < -0.39 is 13.9 Å². The number of nitrogens with zero attached hydrogens (tertiary/aromatic N) is 1. The van der Waals surface area contributed by atoms with Crippen molar-refractivity contribution >= 4 is 13.8 Å². The lowest BCUT2D eigenvalue weighted by Gasteiger charge is -2.24. The van der Waals surface area contributed by atoms with Crippen LogP contribution >= 0.6 is 7.82 Å². The van der Waals surface area contributed by atoms with Crippen molar-refractivity contribution in [1.29, 1.82) is 0 Å². The summed E-state index contributed by atoms with van der Waals surface area (Å²) in [6.45, 7) is 8.98. The zero-order chi connectivity index (χ0) is 40.0. The molecule has 0 aromatic rings. The van der Waals surface area contributed by atoms with Crippen LogP contribution in [0.1, 0.15) is 219 Å². The van der Waals surface area contributed by atoms with Crippen molar-refractivity contribution in [2.24, 2.45) is 0 Å². The third-order valence-corrected chi connectivity index (χ3v) is 11.2. The van der Waals surface area contributed by atoms with E-state index in [-0.39, 0.29) is 25.8 Å². The van der Waals surface area contributed by atoms with E-state index in [2.05, 4.69) is 20.4 Å². The van der Waals surface area contributed by atoms with Crippen LogP contribution in [0.15, 0.2) is 12.3 Å². The smallest absolute Gasteiger partial charge is 0.472 e. The number of phosphoric ester groups is 1. The Hall–Kier alpha value is -0.920. The molecule has 0 bridgehead atoms. The van der Waals surface area contributed by atoms with Crippen molar-refractivity contribution in [3.05, 3.63) is 12.3 Å². The maximum absolute atomic E-state index is 12.7. The van der Waals surface area contributed by atoms with Crippen molar-refractivity contribution in [1.82, 2.24) is 0 Å². The number of rotatable bonds is 43. The van der Waals surface area contributed by atoms with Crippen molar-refractivity contribution in [2.75, 3.05) is 47.5 Å². The molecule has 0 aromatic heterocycles. The predicted molar refractivity (Wildman–Crippen MR) is 229 cm³/mol. The van der Waals surface area contributed by atoms with Gasteiger partial charge in [0, 0.05) is 12.8 Å². The molecule has 0 aliphatic carbocycles. The highest BCUT2D eigenvalue weighted by molar-refractivity contribution is 7.47. The van der Waals surface area contributed by atoms with Crippen LogP contribution in [0.3, 0.4) is 0 Å². The first-order chi connectivity index (χ1) is 26.0. The normalized spacial score (nSPS) is 13.5. The van der Waals surface area contributed by atoms with E-state index in [9.17, 15) is 14.3 Å². The Morgan fingerprint density at radius 1 is 0.556 bits per heavy atom. The van der Waals surface area contributed by atoms with Gasteiger partial charge in [0.25, 0.3) is 0 Å². The van der Waals surface area contributed by atoms with Gasteiger partial charge in [-0.1, -0.05) is 200 Å².